The lowest BCUT2D eigenvalue weighted by Crippen LogP contribution is -2.43. The summed E-state index contributed by atoms with van der Waals surface area (Å²) < 4.78 is 22.9. The fraction of sp³-hybridized carbons (Fsp3) is 0.333. The number of sulfone groups is 1. The van der Waals surface area contributed by atoms with Crippen molar-refractivity contribution in [3.05, 3.63) is 29.3 Å². The van der Waals surface area contributed by atoms with E-state index in [1.165, 1.54) is 18.2 Å². The lowest BCUT2D eigenvalue weighted by molar-refractivity contribution is -0.140. The zero-order chi connectivity index (χ0) is 15.5. The summed E-state index contributed by atoms with van der Waals surface area (Å²) >= 11 is 0. The molecule has 3 N–H and O–H groups in total. The molecule has 0 aromatic heterocycles. The van der Waals surface area contributed by atoms with Crippen molar-refractivity contribution in [2.24, 2.45) is 0 Å². The number of amides is 1. The van der Waals surface area contributed by atoms with Crippen LogP contribution in [-0.2, 0) is 14.6 Å². The van der Waals surface area contributed by atoms with E-state index < -0.39 is 34.4 Å². The van der Waals surface area contributed by atoms with Crippen LogP contribution in [-0.4, -0.2) is 49.4 Å². The number of carbonyl (C=O) groups is 2. The Morgan fingerprint density at radius 3 is 2.40 bits per heavy atom. The summed E-state index contributed by atoms with van der Waals surface area (Å²) in [5, 5.41) is 19.7. The molecule has 0 unspecified atom stereocenters. The molecule has 1 amide bonds. The fourth-order valence-corrected chi connectivity index (χ4v) is 2.15. The molecule has 1 atom stereocenters. The molecule has 1 rings (SSSR count). The Hall–Kier alpha value is -1.93. The molecule has 20 heavy (non-hydrogen) atoms. The summed E-state index contributed by atoms with van der Waals surface area (Å²) in [5.74, 6) is -2.13. The number of rotatable bonds is 5. The van der Waals surface area contributed by atoms with Crippen molar-refractivity contribution in [3.63, 3.8) is 0 Å². The molecule has 0 bridgehead atoms. The minimum Gasteiger partial charge on any atom is -0.480 e. The number of aliphatic hydroxyl groups is 1. The zero-order valence-corrected chi connectivity index (χ0v) is 11.8. The minimum atomic E-state index is -3.47. The number of hydrogen-bond donors (Lipinski definition) is 3. The maximum absolute atomic E-state index is 11.9. The Morgan fingerprint density at radius 1 is 1.35 bits per heavy atom. The van der Waals surface area contributed by atoms with Gasteiger partial charge < -0.3 is 15.5 Å². The molecule has 0 aliphatic carbocycles. The first kappa shape index (κ1) is 16.1. The molecule has 0 spiro atoms. The van der Waals surface area contributed by atoms with Crippen LogP contribution in [0.15, 0.2) is 23.1 Å². The number of aliphatic hydroxyl groups excluding tert-OH is 1. The van der Waals surface area contributed by atoms with Gasteiger partial charge in [0.15, 0.2) is 15.9 Å². The number of hydrogen-bond acceptors (Lipinski definition) is 5. The Balaban J connectivity index is 3.13. The van der Waals surface area contributed by atoms with Gasteiger partial charge in [-0.1, -0.05) is 6.07 Å². The molecule has 1 aromatic rings. The van der Waals surface area contributed by atoms with Crippen LogP contribution in [0, 0.1) is 6.92 Å². The van der Waals surface area contributed by atoms with E-state index in [9.17, 15) is 18.0 Å². The van der Waals surface area contributed by atoms with Crippen LogP contribution in [0.1, 0.15) is 15.9 Å². The number of carboxylic acids is 1. The quantitative estimate of drug-likeness (QED) is 0.679. The first-order valence-electron chi connectivity index (χ1n) is 5.62. The van der Waals surface area contributed by atoms with Gasteiger partial charge in [0.1, 0.15) is 0 Å². The molecule has 7 nitrogen and oxygen atoms in total. The topological polar surface area (TPSA) is 121 Å². The highest BCUT2D eigenvalue weighted by Crippen LogP contribution is 2.15. The van der Waals surface area contributed by atoms with Gasteiger partial charge in [0, 0.05) is 11.8 Å². The van der Waals surface area contributed by atoms with Gasteiger partial charge in [0.05, 0.1) is 11.5 Å². The van der Waals surface area contributed by atoms with Crippen LogP contribution in [0.25, 0.3) is 0 Å². The van der Waals surface area contributed by atoms with Gasteiger partial charge in [0.25, 0.3) is 5.91 Å². The van der Waals surface area contributed by atoms with E-state index in [0.717, 1.165) is 6.26 Å². The summed E-state index contributed by atoms with van der Waals surface area (Å²) in [6, 6.07) is 2.56. The van der Waals surface area contributed by atoms with Crippen molar-refractivity contribution >= 4 is 21.7 Å². The van der Waals surface area contributed by atoms with Crippen LogP contribution in [0.2, 0.25) is 0 Å². The third kappa shape index (κ3) is 3.78. The summed E-state index contributed by atoms with van der Waals surface area (Å²) in [5.41, 5.74) is 0.546. The van der Waals surface area contributed by atoms with Crippen molar-refractivity contribution in [3.8, 4) is 0 Å². The largest absolute Gasteiger partial charge is 0.480 e. The Kier molecular flexibility index (Phi) is 4.85. The molecule has 8 heteroatoms. The first-order valence-corrected chi connectivity index (χ1v) is 7.51. The molecule has 0 saturated carbocycles. The van der Waals surface area contributed by atoms with Crippen molar-refractivity contribution in [1.29, 1.82) is 0 Å². The molecule has 0 fully saturated rings. The maximum Gasteiger partial charge on any atom is 0.328 e. The minimum absolute atomic E-state index is 0.0378. The summed E-state index contributed by atoms with van der Waals surface area (Å²) in [6.07, 6.45) is 1.01. The lowest BCUT2D eigenvalue weighted by atomic mass is 10.1. The van der Waals surface area contributed by atoms with Gasteiger partial charge in [-0.15, -0.1) is 0 Å². The molecule has 0 aliphatic rings. The average molecular weight is 301 g/mol. The second-order valence-electron chi connectivity index (χ2n) is 4.30. The molecule has 1 aromatic carbocycles. The van der Waals surface area contributed by atoms with Crippen molar-refractivity contribution in [2.45, 2.75) is 17.9 Å². The second-order valence-corrected chi connectivity index (χ2v) is 6.31. The van der Waals surface area contributed by atoms with E-state index in [-0.39, 0.29) is 10.5 Å². The first-order chi connectivity index (χ1) is 9.16. The number of carboxylic acid groups (broad SMARTS) is 1. The van der Waals surface area contributed by atoms with E-state index in [1.807, 2.05) is 0 Å². The summed E-state index contributed by atoms with van der Waals surface area (Å²) in [7, 11) is -3.47. The van der Waals surface area contributed by atoms with E-state index in [0.29, 0.717) is 5.56 Å². The monoisotopic (exact) mass is 301 g/mol. The zero-order valence-electron chi connectivity index (χ0n) is 11.0. The Bertz CT molecular complexity index is 637. The predicted octanol–water partition coefficient (Wildman–Crippen LogP) is -0.426. The third-order valence-corrected chi connectivity index (χ3v) is 3.78. The lowest BCUT2D eigenvalue weighted by Gasteiger charge is -2.13. The SMILES string of the molecule is Cc1ccc(S(C)(=O)=O)cc1C(=O)N[C@H](CO)C(=O)O. The number of aliphatic carboxylic acids is 1. The average Bonchev–Trinajstić information content (AvgIpc) is 2.34. The molecule has 0 heterocycles. The Labute approximate surface area is 116 Å². The van der Waals surface area contributed by atoms with Gasteiger partial charge >= 0.3 is 5.97 Å². The predicted molar refractivity (Wildman–Crippen MR) is 70.3 cm³/mol. The van der Waals surface area contributed by atoms with Crippen LogP contribution in [0.5, 0.6) is 0 Å². The molecular weight excluding hydrogens is 286 g/mol. The second kappa shape index (κ2) is 6.02. The van der Waals surface area contributed by atoms with E-state index in [4.69, 9.17) is 10.2 Å². The summed E-state index contributed by atoms with van der Waals surface area (Å²) in [6.45, 7) is 0.835. The third-order valence-electron chi connectivity index (χ3n) is 2.67. The highest BCUT2D eigenvalue weighted by atomic mass is 32.2. The normalized spacial score (nSPS) is 12.8. The van der Waals surface area contributed by atoms with Gasteiger partial charge in [0.2, 0.25) is 0 Å². The van der Waals surface area contributed by atoms with Gasteiger partial charge in [-0.2, -0.15) is 0 Å². The maximum atomic E-state index is 11.9. The molecule has 0 saturated heterocycles. The number of nitrogens with one attached hydrogen (secondary N) is 1. The van der Waals surface area contributed by atoms with Gasteiger partial charge in [-0.05, 0) is 24.6 Å². The van der Waals surface area contributed by atoms with Crippen LogP contribution in [0.4, 0.5) is 0 Å². The van der Waals surface area contributed by atoms with E-state index >= 15 is 0 Å². The molecule has 0 aliphatic heterocycles. The smallest absolute Gasteiger partial charge is 0.328 e. The van der Waals surface area contributed by atoms with Gasteiger partial charge in [-0.3, -0.25) is 4.79 Å². The van der Waals surface area contributed by atoms with Gasteiger partial charge in [-0.25, -0.2) is 13.2 Å². The number of aryl methyl sites for hydroxylation is 1. The van der Waals surface area contributed by atoms with Crippen molar-refractivity contribution in [1.82, 2.24) is 5.32 Å². The number of benzene rings is 1. The van der Waals surface area contributed by atoms with Crippen LogP contribution >= 0.6 is 0 Å². The van der Waals surface area contributed by atoms with E-state index in [2.05, 4.69) is 5.32 Å². The Morgan fingerprint density at radius 2 is 1.95 bits per heavy atom. The highest BCUT2D eigenvalue weighted by molar-refractivity contribution is 7.90. The molecule has 110 valence electrons. The van der Waals surface area contributed by atoms with Crippen molar-refractivity contribution in [2.75, 3.05) is 12.9 Å². The van der Waals surface area contributed by atoms with Crippen LogP contribution in [0.3, 0.4) is 0 Å². The van der Waals surface area contributed by atoms with Crippen molar-refractivity contribution < 1.29 is 28.2 Å². The molecule has 0 radical (unpaired) electrons. The highest BCUT2D eigenvalue weighted by Gasteiger charge is 2.21. The molecular formula is C12H15NO6S. The summed E-state index contributed by atoms with van der Waals surface area (Å²) in [4.78, 5) is 22.6. The number of carbonyl (C=O) groups excluding carboxylic acids is 1. The van der Waals surface area contributed by atoms with Crippen LogP contribution < -0.4 is 5.32 Å². The fourth-order valence-electron chi connectivity index (χ4n) is 1.50. The van der Waals surface area contributed by atoms with E-state index in [1.54, 1.807) is 6.92 Å². The standard InChI is InChI=1S/C12H15NO6S/c1-7-3-4-8(20(2,18)19)5-9(7)11(15)13-10(6-14)12(16)17/h3-5,10,14H,6H2,1-2H3,(H,13,15)(H,16,17)/t10-/m1/s1.